The van der Waals surface area contributed by atoms with Gasteiger partial charge in [-0.05, 0) is 54.8 Å². The number of carbonyl (C=O) groups excluding carboxylic acids is 6. The van der Waals surface area contributed by atoms with Crippen molar-refractivity contribution < 1.29 is 57.2 Å². The van der Waals surface area contributed by atoms with E-state index in [1.165, 1.54) is 42.7 Å². The number of esters is 6. The highest BCUT2D eigenvalue weighted by molar-refractivity contribution is 5.85. The van der Waals surface area contributed by atoms with Crippen molar-refractivity contribution in [1.29, 1.82) is 0 Å². The second-order valence-electron chi connectivity index (χ2n) is 12.2. The zero-order valence-corrected chi connectivity index (χ0v) is 27.8. The SMILES string of the molecule is C=C[C@@H]1C[C@H](/C=C\[C@@H]2C[C@H](C=C)C(C(=O)OC)[C@@H]2C(=O)OC)C(C(=O)OC)C1C(=O)OC.COC(=O)C1C2C=CC(C2)C1C(=O)OC. The van der Waals surface area contributed by atoms with Crippen LogP contribution >= 0.6 is 0 Å². The molecule has 0 aromatic rings. The molecule has 3 saturated carbocycles. The molecule has 47 heavy (non-hydrogen) atoms. The molecule has 0 aromatic carbocycles. The standard InChI is InChI=1S/C24H32O8.C11H14O4/c1-7-13-11-15(19(23(27)31-5)17(13)21(25)29-3)9-10-16-12-14(8-2)18(22(26)30-4)20(16)24(28)32-6;1-14-10(12)8-6-3-4-7(5-6)9(8)11(13)15-2/h7-10,13-20H,1-2,11-12H2,3-6H3;3-4,6-9H,5H2,1-2H3/b10-9-;/t13-,14+,15+,16-,17?,18?,19+,20?;/m0./s1. The number of rotatable bonds is 10. The van der Waals surface area contributed by atoms with E-state index in [9.17, 15) is 28.8 Å². The number of fused-ring (bicyclic) bond motifs is 2. The topological polar surface area (TPSA) is 158 Å². The number of methoxy groups -OCH3 is 6. The van der Waals surface area contributed by atoms with Crippen molar-refractivity contribution in [3.63, 3.8) is 0 Å². The molecule has 4 rings (SSSR count). The van der Waals surface area contributed by atoms with Crippen molar-refractivity contribution in [2.24, 2.45) is 71.0 Å². The van der Waals surface area contributed by atoms with Gasteiger partial charge >= 0.3 is 35.8 Å². The average molecular weight is 659 g/mol. The van der Waals surface area contributed by atoms with Gasteiger partial charge in [-0.2, -0.15) is 0 Å². The third-order valence-corrected chi connectivity index (χ3v) is 10.2. The van der Waals surface area contributed by atoms with E-state index in [4.69, 9.17) is 28.4 Å². The van der Waals surface area contributed by atoms with Gasteiger partial charge in [0.15, 0.2) is 0 Å². The lowest BCUT2D eigenvalue weighted by molar-refractivity contribution is -0.158. The number of ether oxygens (including phenoxy) is 6. The van der Waals surface area contributed by atoms with E-state index in [0.29, 0.717) is 12.8 Å². The van der Waals surface area contributed by atoms with Crippen molar-refractivity contribution in [2.75, 3.05) is 42.7 Å². The van der Waals surface area contributed by atoms with Crippen LogP contribution in [0, 0.1) is 71.0 Å². The fourth-order valence-electron chi connectivity index (χ4n) is 8.01. The third kappa shape index (κ3) is 7.52. The maximum atomic E-state index is 12.6. The summed E-state index contributed by atoms with van der Waals surface area (Å²) in [6.07, 6.45) is 12.8. The Hall–Kier alpha value is -4.22. The Morgan fingerprint density at radius 1 is 0.447 bits per heavy atom. The van der Waals surface area contributed by atoms with Gasteiger partial charge in [0.2, 0.25) is 0 Å². The minimum atomic E-state index is -0.740. The highest BCUT2D eigenvalue weighted by atomic mass is 16.5. The summed E-state index contributed by atoms with van der Waals surface area (Å²) in [5.74, 6) is -7.08. The van der Waals surface area contributed by atoms with Crippen molar-refractivity contribution in [3.05, 3.63) is 49.6 Å². The van der Waals surface area contributed by atoms with Crippen LogP contribution in [0.2, 0.25) is 0 Å². The van der Waals surface area contributed by atoms with Gasteiger partial charge in [0.05, 0.1) is 78.2 Å². The fourth-order valence-corrected chi connectivity index (χ4v) is 8.01. The number of hydrogen-bond donors (Lipinski definition) is 0. The Kier molecular flexibility index (Phi) is 13.1. The Balaban J connectivity index is 0.000000331. The first-order chi connectivity index (χ1) is 22.5. The quantitative estimate of drug-likeness (QED) is 0.192. The molecule has 12 nitrogen and oxygen atoms in total. The molecule has 2 bridgehead atoms. The Morgan fingerprint density at radius 3 is 0.957 bits per heavy atom. The summed E-state index contributed by atoms with van der Waals surface area (Å²) in [7, 11) is 7.82. The van der Waals surface area contributed by atoms with Gasteiger partial charge in [0.1, 0.15) is 0 Å². The predicted octanol–water partition coefficient (Wildman–Crippen LogP) is 3.11. The smallest absolute Gasteiger partial charge is 0.310 e. The van der Waals surface area contributed by atoms with Gasteiger partial charge in [0, 0.05) is 0 Å². The lowest BCUT2D eigenvalue weighted by atomic mass is 9.83. The average Bonchev–Trinajstić information content (AvgIpc) is 3.89. The lowest BCUT2D eigenvalue weighted by Gasteiger charge is -2.23. The van der Waals surface area contributed by atoms with Crippen LogP contribution in [0.4, 0.5) is 0 Å². The molecular weight excluding hydrogens is 612 g/mol. The van der Waals surface area contributed by atoms with E-state index < -0.39 is 47.5 Å². The molecule has 12 atom stereocenters. The molecule has 0 N–H and O–H groups in total. The first-order valence-corrected chi connectivity index (χ1v) is 15.6. The van der Waals surface area contributed by atoms with Crippen LogP contribution in [-0.4, -0.2) is 78.5 Å². The normalized spacial score (nSPS) is 34.9. The zero-order valence-electron chi connectivity index (χ0n) is 27.8. The molecule has 12 heteroatoms. The van der Waals surface area contributed by atoms with Crippen LogP contribution in [0.15, 0.2) is 49.6 Å². The summed E-state index contributed by atoms with van der Waals surface area (Å²) >= 11 is 0. The summed E-state index contributed by atoms with van der Waals surface area (Å²) < 4.78 is 29.2. The van der Waals surface area contributed by atoms with Crippen molar-refractivity contribution in [1.82, 2.24) is 0 Å². The molecule has 0 amide bonds. The summed E-state index contributed by atoms with van der Waals surface area (Å²) in [5, 5.41) is 0. The van der Waals surface area contributed by atoms with Crippen LogP contribution in [0.25, 0.3) is 0 Å². The predicted molar refractivity (Wildman–Crippen MR) is 167 cm³/mol. The van der Waals surface area contributed by atoms with Gasteiger partial charge in [-0.3, -0.25) is 28.8 Å². The third-order valence-electron chi connectivity index (χ3n) is 10.2. The Labute approximate surface area is 275 Å². The highest BCUT2D eigenvalue weighted by Gasteiger charge is 2.54. The molecule has 0 spiro atoms. The van der Waals surface area contributed by atoms with E-state index in [1.54, 1.807) is 12.2 Å². The van der Waals surface area contributed by atoms with Gasteiger partial charge in [-0.25, -0.2) is 0 Å². The second-order valence-corrected chi connectivity index (χ2v) is 12.2. The monoisotopic (exact) mass is 658 g/mol. The molecule has 0 heterocycles. The van der Waals surface area contributed by atoms with Gasteiger partial charge in [0.25, 0.3) is 0 Å². The van der Waals surface area contributed by atoms with Crippen LogP contribution in [0.5, 0.6) is 0 Å². The molecule has 7 unspecified atom stereocenters. The van der Waals surface area contributed by atoms with Crippen LogP contribution < -0.4 is 0 Å². The van der Waals surface area contributed by atoms with Crippen LogP contribution in [0.3, 0.4) is 0 Å². The van der Waals surface area contributed by atoms with E-state index in [-0.39, 0.29) is 59.3 Å². The van der Waals surface area contributed by atoms with Crippen molar-refractivity contribution in [3.8, 4) is 0 Å². The van der Waals surface area contributed by atoms with Crippen LogP contribution in [-0.2, 0) is 57.2 Å². The number of hydrogen-bond acceptors (Lipinski definition) is 12. The minimum Gasteiger partial charge on any atom is -0.469 e. The summed E-state index contributed by atoms with van der Waals surface area (Å²) in [6.45, 7) is 7.60. The largest absolute Gasteiger partial charge is 0.469 e. The molecule has 0 aromatic heterocycles. The summed E-state index contributed by atoms with van der Waals surface area (Å²) in [4.78, 5) is 73.1. The summed E-state index contributed by atoms with van der Waals surface area (Å²) in [6, 6.07) is 0. The lowest BCUT2D eigenvalue weighted by Crippen LogP contribution is -2.34. The Morgan fingerprint density at radius 2 is 0.702 bits per heavy atom. The van der Waals surface area contributed by atoms with Crippen molar-refractivity contribution >= 4 is 35.8 Å². The maximum absolute atomic E-state index is 12.6. The molecule has 0 saturated heterocycles. The van der Waals surface area contributed by atoms with Crippen molar-refractivity contribution in [2.45, 2.75) is 19.3 Å². The minimum absolute atomic E-state index is 0.145. The number of allylic oxidation sites excluding steroid dienone is 6. The molecule has 258 valence electrons. The second kappa shape index (κ2) is 16.6. The Bertz CT molecular complexity index is 1190. The highest BCUT2D eigenvalue weighted by Crippen LogP contribution is 2.49. The van der Waals surface area contributed by atoms with Gasteiger partial charge in [-0.1, -0.05) is 36.5 Å². The maximum Gasteiger partial charge on any atom is 0.310 e. The first-order valence-electron chi connectivity index (χ1n) is 15.6. The fraction of sp³-hybridized carbons (Fsp3) is 0.600. The zero-order chi connectivity index (χ0) is 35.0. The van der Waals surface area contributed by atoms with Crippen LogP contribution in [0.1, 0.15) is 19.3 Å². The van der Waals surface area contributed by atoms with E-state index in [1.807, 2.05) is 24.3 Å². The van der Waals surface area contributed by atoms with E-state index >= 15 is 0 Å². The summed E-state index contributed by atoms with van der Waals surface area (Å²) in [5.41, 5.74) is 0. The van der Waals surface area contributed by atoms with E-state index in [2.05, 4.69) is 13.2 Å². The first kappa shape index (κ1) is 37.2. The molecule has 4 aliphatic carbocycles. The molecular formula is C35H46O12. The molecule has 4 aliphatic rings. The van der Waals surface area contributed by atoms with E-state index in [0.717, 1.165) is 6.42 Å². The van der Waals surface area contributed by atoms with Gasteiger partial charge in [-0.15, -0.1) is 13.2 Å². The molecule has 3 fully saturated rings. The molecule has 0 aliphatic heterocycles. The molecule has 0 radical (unpaired) electrons. The number of carbonyl (C=O) groups is 6. The van der Waals surface area contributed by atoms with Gasteiger partial charge < -0.3 is 28.4 Å².